The van der Waals surface area contributed by atoms with E-state index < -0.39 is 0 Å². The normalized spacial score (nSPS) is 13.1. The molecule has 6 heteroatoms. The monoisotopic (exact) mass is 380 g/mol. The van der Waals surface area contributed by atoms with Crippen molar-refractivity contribution in [3.8, 4) is 0 Å². The van der Waals surface area contributed by atoms with Crippen LogP contribution in [0, 0.1) is 13.8 Å². The minimum absolute atomic E-state index is 0. The lowest BCUT2D eigenvalue weighted by Crippen LogP contribution is -2.42. The average Bonchev–Trinajstić information content (AvgIpc) is 2.63. The summed E-state index contributed by atoms with van der Waals surface area (Å²) in [6.45, 7) is 11.1. The van der Waals surface area contributed by atoms with Crippen molar-refractivity contribution in [2.75, 3.05) is 13.6 Å². The Labute approximate surface area is 132 Å². The zero-order chi connectivity index (χ0) is 13.7. The van der Waals surface area contributed by atoms with Crippen molar-refractivity contribution in [3.63, 3.8) is 0 Å². The van der Waals surface area contributed by atoms with Crippen molar-refractivity contribution in [3.05, 3.63) is 17.0 Å². The number of nitrogens with zero attached hydrogens (tertiary/aromatic N) is 2. The van der Waals surface area contributed by atoms with Crippen LogP contribution in [0.3, 0.4) is 0 Å². The Kier molecular flexibility index (Phi) is 8.05. The van der Waals surface area contributed by atoms with Gasteiger partial charge in [0, 0.05) is 31.1 Å². The van der Waals surface area contributed by atoms with Crippen molar-refractivity contribution in [2.45, 2.75) is 46.6 Å². The first-order chi connectivity index (χ1) is 8.45. The molecule has 0 bridgehead atoms. The molecule has 0 aliphatic carbocycles. The van der Waals surface area contributed by atoms with Crippen LogP contribution in [0.2, 0.25) is 0 Å². The van der Waals surface area contributed by atoms with Gasteiger partial charge in [-0.25, -0.2) is 0 Å². The fourth-order valence-corrected chi connectivity index (χ4v) is 2.01. The lowest BCUT2D eigenvalue weighted by atomic mass is 10.00. The summed E-state index contributed by atoms with van der Waals surface area (Å²) in [5.41, 5.74) is 2.15. The number of rotatable bonds is 4. The molecule has 1 rings (SSSR count). The van der Waals surface area contributed by atoms with E-state index in [1.165, 1.54) is 5.56 Å². The number of halogens is 1. The predicted octanol–water partition coefficient (Wildman–Crippen LogP) is 2.59. The molecule has 0 aromatic carbocycles. The van der Waals surface area contributed by atoms with Crippen LogP contribution < -0.4 is 10.6 Å². The highest BCUT2D eigenvalue weighted by Gasteiger charge is 2.16. The molecule has 0 saturated carbocycles. The number of hydrogen-bond donors (Lipinski definition) is 2. The van der Waals surface area contributed by atoms with E-state index in [2.05, 4.69) is 41.6 Å². The number of aromatic nitrogens is 1. The molecular weight excluding hydrogens is 355 g/mol. The van der Waals surface area contributed by atoms with Gasteiger partial charge in [0.1, 0.15) is 5.76 Å². The van der Waals surface area contributed by atoms with Crippen LogP contribution in [0.25, 0.3) is 0 Å². The Morgan fingerprint density at radius 3 is 2.37 bits per heavy atom. The second-order valence-corrected chi connectivity index (χ2v) is 4.89. The number of guanidine groups is 1. The Balaban J connectivity index is 0.00000324. The number of aliphatic imine (C=N–C) groups is 1. The van der Waals surface area contributed by atoms with Crippen LogP contribution in [0.5, 0.6) is 0 Å². The molecule has 5 nitrogen and oxygen atoms in total. The van der Waals surface area contributed by atoms with E-state index in [1.54, 1.807) is 7.05 Å². The molecule has 1 unspecified atom stereocenters. The van der Waals surface area contributed by atoms with Crippen molar-refractivity contribution in [2.24, 2.45) is 4.99 Å². The minimum atomic E-state index is 0. The summed E-state index contributed by atoms with van der Waals surface area (Å²) in [7, 11) is 1.78. The third-order valence-corrected chi connectivity index (χ3v) is 2.81. The molecular formula is C13H25IN4O. The lowest BCUT2D eigenvalue weighted by molar-refractivity contribution is 0.391. The smallest absolute Gasteiger partial charge is 0.191 e. The topological polar surface area (TPSA) is 62.5 Å². The molecule has 0 fully saturated rings. The fourth-order valence-electron chi connectivity index (χ4n) is 2.01. The van der Waals surface area contributed by atoms with Crippen molar-refractivity contribution in [1.82, 2.24) is 15.8 Å². The molecule has 0 amide bonds. The van der Waals surface area contributed by atoms with Gasteiger partial charge in [-0.2, -0.15) is 0 Å². The SMILES string of the molecule is CN=C(NCC(C)c1c(C)noc1C)NC(C)C.I. The van der Waals surface area contributed by atoms with Crippen LogP contribution in [0.4, 0.5) is 0 Å². The predicted molar refractivity (Wildman–Crippen MR) is 89.4 cm³/mol. The van der Waals surface area contributed by atoms with Gasteiger partial charge in [0.2, 0.25) is 0 Å². The Hall–Kier alpha value is -0.790. The summed E-state index contributed by atoms with van der Waals surface area (Å²) in [6.07, 6.45) is 0. The fraction of sp³-hybridized carbons (Fsp3) is 0.692. The maximum absolute atomic E-state index is 5.19. The second-order valence-electron chi connectivity index (χ2n) is 4.89. The van der Waals surface area contributed by atoms with Crippen LogP contribution >= 0.6 is 24.0 Å². The molecule has 110 valence electrons. The third kappa shape index (κ3) is 5.38. The van der Waals surface area contributed by atoms with Crippen LogP contribution in [-0.2, 0) is 0 Å². The van der Waals surface area contributed by atoms with E-state index >= 15 is 0 Å². The third-order valence-electron chi connectivity index (χ3n) is 2.81. The second kappa shape index (κ2) is 8.39. The van der Waals surface area contributed by atoms with Crippen molar-refractivity contribution >= 4 is 29.9 Å². The van der Waals surface area contributed by atoms with E-state index in [1.807, 2.05) is 13.8 Å². The van der Waals surface area contributed by atoms with Crippen LogP contribution in [0.15, 0.2) is 9.52 Å². The summed E-state index contributed by atoms with van der Waals surface area (Å²) < 4.78 is 5.19. The summed E-state index contributed by atoms with van der Waals surface area (Å²) in [6, 6.07) is 0.366. The zero-order valence-corrected chi connectivity index (χ0v) is 14.9. The maximum atomic E-state index is 5.19. The molecule has 0 aliphatic heterocycles. The van der Waals surface area contributed by atoms with Crippen LogP contribution in [-0.4, -0.2) is 30.8 Å². The maximum Gasteiger partial charge on any atom is 0.191 e. The number of hydrogen-bond acceptors (Lipinski definition) is 3. The zero-order valence-electron chi connectivity index (χ0n) is 12.6. The molecule has 1 aromatic heterocycles. The standard InChI is InChI=1S/C13H24N4O.HI/c1-8(2)16-13(14-6)15-7-9(3)12-10(4)17-18-11(12)5;/h8-9H,7H2,1-6H3,(H2,14,15,16);1H. The lowest BCUT2D eigenvalue weighted by Gasteiger charge is -2.17. The molecule has 1 atom stereocenters. The number of nitrogens with one attached hydrogen (secondary N) is 2. The summed E-state index contributed by atoms with van der Waals surface area (Å²) in [5.74, 6) is 2.05. The summed E-state index contributed by atoms with van der Waals surface area (Å²) in [5, 5.41) is 10.6. The van der Waals surface area contributed by atoms with Gasteiger partial charge in [-0.05, 0) is 27.7 Å². The molecule has 0 spiro atoms. The van der Waals surface area contributed by atoms with Crippen molar-refractivity contribution < 1.29 is 4.52 Å². The van der Waals surface area contributed by atoms with E-state index in [0.717, 1.165) is 24.0 Å². The van der Waals surface area contributed by atoms with E-state index in [0.29, 0.717) is 12.0 Å². The van der Waals surface area contributed by atoms with Gasteiger partial charge >= 0.3 is 0 Å². The Morgan fingerprint density at radius 1 is 1.32 bits per heavy atom. The first kappa shape index (κ1) is 18.2. The van der Waals surface area contributed by atoms with Gasteiger partial charge < -0.3 is 15.2 Å². The molecule has 0 saturated heterocycles. The van der Waals surface area contributed by atoms with E-state index in [4.69, 9.17) is 4.52 Å². The molecule has 1 heterocycles. The first-order valence-corrected chi connectivity index (χ1v) is 6.35. The Bertz CT molecular complexity index is 395. The summed E-state index contributed by atoms with van der Waals surface area (Å²) in [4.78, 5) is 4.18. The first-order valence-electron chi connectivity index (χ1n) is 6.35. The molecule has 19 heavy (non-hydrogen) atoms. The van der Waals surface area contributed by atoms with Gasteiger partial charge in [0.15, 0.2) is 5.96 Å². The highest BCUT2D eigenvalue weighted by atomic mass is 127. The largest absolute Gasteiger partial charge is 0.361 e. The molecule has 0 aliphatic rings. The van der Waals surface area contributed by atoms with Crippen LogP contribution in [0.1, 0.15) is 43.7 Å². The van der Waals surface area contributed by atoms with E-state index in [-0.39, 0.29) is 24.0 Å². The van der Waals surface area contributed by atoms with Gasteiger partial charge in [0.25, 0.3) is 0 Å². The molecule has 2 N–H and O–H groups in total. The highest BCUT2D eigenvalue weighted by Crippen LogP contribution is 2.22. The molecule has 1 aromatic rings. The van der Waals surface area contributed by atoms with Gasteiger partial charge in [-0.1, -0.05) is 12.1 Å². The quantitative estimate of drug-likeness (QED) is 0.479. The highest BCUT2D eigenvalue weighted by molar-refractivity contribution is 14.0. The van der Waals surface area contributed by atoms with Gasteiger partial charge in [-0.15, -0.1) is 24.0 Å². The van der Waals surface area contributed by atoms with Gasteiger partial charge in [0.05, 0.1) is 5.69 Å². The van der Waals surface area contributed by atoms with E-state index in [9.17, 15) is 0 Å². The van der Waals surface area contributed by atoms with Crippen molar-refractivity contribution in [1.29, 1.82) is 0 Å². The summed E-state index contributed by atoms with van der Waals surface area (Å²) >= 11 is 0. The van der Waals surface area contributed by atoms with Gasteiger partial charge in [-0.3, -0.25) is 4.99 Å². The molecule has 0 radical (unpaired) electrons. The minimum Gasteiger partial charge on any atom is -0.361 e. The number of aryl methyl sites for hydroxylation is 2. The average molecular weight is 380 g/mol. The Morgan fingerprint density at radius 2 is 1.95 bits per heavy atom.